The standard InChI is InChI=1S/C11H17NO2/c13-7-12-10-2-8-1-9(3-10)5-11(14,4-8)6-10/h7-9,14H,1-6H2,(H,12,13). The first kappa shape index (κ1) is 8.72. The molecule has 0 radical (unpaired) electrons. The van der Waals surface area contributed by atoms with E-state index < -0.39 is 5.60 Å². The predicted molar refractivity (Wildman–Crippen MR) is 51.6 cm³/mol. The molecule has 0 aliphatic heterocycles. The second-order valence-electron chi connectivity index (χ2n) is 5.73. The minimum Gasteiger partial charge on any atom is -0.390 e. The summed E-state index contributed by atoms with van der Waals surface area (Å²) in [5.74, 6) is 1.29. The molecule has 4 rings (SSSR count). The molecule has 1 amide bonds. The third kappa shape index (κ3) is 1.11. The largest absolute Gasteiger partial charge is 0.390 e. The Balaban J connectivity index is 1.92. The highest BCUT2D eigenvalue weighted by Crippen LogP contribution is 2.57. The molecule has 3 nitrogen and oxygen atoms in total. The van der Waals surface area contributed by atoms with Crippen molar-refractivity contribution in [1.82, 2.24) is 5.32 Å². The van der Waals surface area contributed by atoms with Crippen LogP contribution in [0.5, 0.6) is 0 Å². The molecule has 4 bridgehead atoms. The van der Waals surface area contributed by atoms with Crippen molar-refractivity contribution in [3.63, 3.8) is 0 Å². The first-order chi connectivity index (χ1) is 6.63. The number of hydrogen-bond donors (Lipinski definition) is 2. The Morgan fingerprint density at radius 3 is 2.36 bits per heavy atom. The topological polar surface area (TPSA) is 49.3 Å². The number of nitrogens with one attached hydrogen (secondary N) is 1. The quantitative estimate of drug-likeness (QED) is 0.641. The molecule has 2 unspecified atom stereocenters. The Morgan fingerprint density at radius 1 is 1.21 bits per heavy atom. The van der Waals surface area contributed by atoms with Crippen LogP contribution in [-0.4, -0.2) is 22.7 Å². The van der Waals surface area contributed by atoms with E-state index in [4.69, 9.17) is 0 Å². The number of hydrogen-bond acceptors (Lipinski definition) is 2. The van der Waals surface area contributed by atoms with Crippen LogP contribution in [0, 0.1) is 11.8 Å². The number of carbonyl (C=O) groups is 1. The summed E-state index contributed by atoms with van der Waals surface area (Å²) in [4.78, 5) is 10.6. The molecule has 2 atom stereocenters. The van der Waals surface area contributed by atoms with Crippen LogP contribution in [0.4, 0.5) is 0 Å². The molecule has 2 N–H and O–H groups in total. The maximum atomic E-state index is 10.6. The van der Waals surface area contributed by atoms with Gasteiger partial charge in [0.1, 0.15) is 0 Å². The highest BCUT2D eigenvalue weighted by atomic mass is 16.3. The fourth-order valence-electron chi connectivity index (χ4n) is 4.51. The molecule has 14 heavy (non-hydrogen) atoms. The summed E-state index contributed by atoms with van der Waals surface area (Å²) in [5, 5.41) is 13.3. The number of rotatable bonds is 2. The zero-order valence-electron chi connectivity index (χ0n) is 8.33. The minimum absolute atomic E-state index is 0.0550. The Kier molecular flexibility index (Phi) is 1.56. The van der Waals surface area contributed by atoms with Gasteiger partial charge in [-0.15, -0.1) is 0 Å². The van der Waals surface area contributed by atoms with Gasteiger partial charge in [0.25, 0.3) is 0 Å². The Labute approximate surface area is 83.9 Å². The lowest BCUT2D eigenvalue weighted by Crippen LogP contribution is -2.64. The molecule has 4 aliphatic rings. The number of aliphatic hydroxyl groups is 1. The lowest BCUT2D eigenvalue weighted by Gasteiger charge is -2.59. The molecule has 0 aromatic rings. The monoisotopic (exact) mass is 195 g/mol. The van der Waals surface area contributed by atoms with Crippen molar-refractivity contribution in [2.24, 2.45) is 11.8 Å². The van der Waals surface area contributed by atoms with Crippen LogP contribution >= 0.6 is 0 Å². The van der Waals surface area contributed by atoms with E-state index >= 15 is 0 Å². The second-order valence-corrected chi connectivity index (χ2v) is 5.73. The number of amides is 1. The van der Waals surface area contributed by atoms with Crippen molar-refractivity contribution in [3.8, 4) is 0 Å². The van der Waals surface area contributed by atoms with E-state index in [9.17, 15) is 9.90 Å². The normalized spacial score (nSPS) is 54.6. The molecule has 0 spiro atoms. The maximum Gasteiger partial charge on any atom is 0.207 e. The minimum atomic E-state index is -0.458. The van der Waals surface area contributed by atoms with E-state index in [1.165, 1.54) is 6.42 Å². The Hall–Kier alpha value is -0.570. The van der Waals surface area contributed by atoms with Crippen molar-refractivity contribution in [3.05, 3.63) is 0 Å². The highest BCUT2D eigenvalue weighted by Gasteiger charge is 2.57. The van der Waals surface area contributed by atoms with E-state index in [1.807, 2.05) is 0 Å². The molecule has 0 saturated heterocycles. The molecule has 4 aliphatic carbocycles. The fourth-order valence-corrected chi connectivity index (χ4v) is 4.51. The van der Waals surface area contributed by atoms with Crippen LogP contribution in [0.1, 0.15) is 38.5 Å². The van der Waals surface area contributed by atoms with Crippen molar-refractivity contribution < 1.29 is 9.90 Å². The average Bonchev–Trinajstić information content (AvgIpc) is 1.97. The zero-order chi connectivity index (χ0) is 9.81. The lowest BCUT2D eigenvalue weighted by atomic mass is 9.51. The van der Waals surface area contributed by atoms with Crippen LogP contribution < -0.4 is 5.32 Å². The van der Waals surface area contributed by atoms with E-state index in [2.05, 4.69) is 5.32 Å². The van der Waals surface area contributed by atoms with Crippen molar-refractivity contribution >= 4 is 6.41 Å². The van der Waals surface area contributed by atoms with Gasteiger partial charge in [0.2, 0.25) is 6.41 Å². The smallest absolute Gasteiger partial charge is 0.207 e. The summed E-state index contributed by atoms with van der Waals surface area (Å²) in [6.07, 6.45) is 6.97. The average molecular weight is 195 g/mol. The van der Waals surface area contributed by atoms with Gasteiger partial charge in [0.05, 0.1) is 5.60 Å². The first-order valence-electron chi connectivity index (χ1n) is 5.57. The lowest BCUT2D eigenvalue weighted by molar-refractivity contribution is -0.146. The van der Waals surface area contributed by atoms with Crippen LogP contribution in [-0.2, 0) is 4.79 Å². The Bertz CT molecular complexity index is 262. The van der Waals surface area contributed by atoms with E-state index in [0.717, 1.165) is 38.5 Å². The van der Waals surface area contributed by atoms with Crippen molar-refractivity contribution in [2.75, 3.05) is 0 Å². The molecule has 3 heteroatoms. The summed E-state index contributed by atoms with van der Waals surface area (Å²) in [6, 6.07) is 0. The molecular weight excluding hydrogens is 178 g/mol. The summed E-state index contributed by atoms with van der Waals surface area (Å²) < 4.78 is 0. The van der Waals surface area contributed by atoms with E-state index in [1.54, 1.807) is 0 Å². The Morgan fingerprint density at radius 2 is 1.86 bits per heavy atom. The van der Waals surface area contributed by atoms with Gasteiger partial charge in [0, 0.05) is 5.54 Å². The molecular formula is C11H17NO2. The fraction of sp³-hybridized carbons (Fsp3) is 0.909. The van der Waals surface area contributed by atoms with Crippen molar-refractivity contribution in [2.45, 2.75) is 49.7 Å². The summed E-state index contributed by atoms with van der Waals surface area (Å²) in [6.45, 7) is 0. The summed E-state index contributed by atoms with van der Waals surface area (Å²) >= 11 is 0. The maximum absolute atomic E-state index is 10.6. The summed E-state index contributed by atoms with van der Waals surface area (Å²) in [7, 11) is 0. The van der Waals surface area contributed by atoms with Gasteiger partial charge in [-0.2, -0.15) is 0 Å². The van der Waals surface area contributed by atoms with Gasteiger partial charge < -0.3 is 10.4 Å². The molecule has 4 saturated carbocycles. The predicted octanol–water partition coefficient (Wildman–Crippen LogP) is 0.816. The number of carbonyl (C=O) groups excluding carboxylic acids is 1. The van der Waals surface area contributed by atoms with Gasteiger partial charge in [-0.3, -0.25) is 4.79 Å². The van der Waals surface area contributed by atoms with Crippen LogP contribution in [0.25, 0.3) is 0 Å². The SMILES string of the molecule is O=CNC12CC3CC(CC(O)(C3)C1)C2. The highest BCUT2D eigenvalue weighted by molar-refractivity contribution is 5.48. The van der Waals surface area contributed by atoms with Crippen LogP contribution in [0.3, 0.4) is 0 Å². The molecule has 78 valence electrons. The van der Waals surface area contributed by atoms with E-state index in [0.29, 0.717) is 11.8 Å². The van der Waals surface area contributed by atoms with Crippen LogP contribution in [0.2, 0.25) is 0 Å². The molecule has 0 aromatic carbocycles. The molecule has 0 aromatic heterocycles. The molecule has 4 fully saturated rings. The zero-order valence-corrected chi connectivity index (χ0v) is 8.33. The van der Waals surface area contributed by atoms with Gasteiger partial charge in [0.15, 0.2) is 0 Å². The van der Waals surface area contributed by atoms with Gasteiger partial charge in [-0.1, -0.05) is 0 Å². The van der Waals surface area contributed by atoms with Crippen LogP contribution in [0.15, 0.2) is 0 Å². The third-order valence-corrected chi connectivity index (χ3v) is 4.40. The van der Waals surface area contributed by atoms with E-state index in [-0.39, 0.29) is 5.54 Å². The van der Waals surface area contributed by atoms with Gasteiger partial charge >= 0.3 is 0 Å². The first-order valence-corrected chi connectivity index (χ1v) is 5.57. The third-order valence-electron chi connectivity index (χ3n) is 4.40. The van der Waals surface area contributed by atoms with Crippen molar-refractivity contribution in [1.29, 1.82) is 0 Å². The van der Waals surface area contributed by atoms with Gasteiger partial charge in [-0.05, 0) is 50.4 Å². The van der Waals surface area contributed by atoms with Gasteiger partial charge in [-0.25, -0.2) is 0 Å². The summed E-state index contributed by atoms with van der Waals surface area (Å²) in [5.41, 5.74) is -0.513. The second kappa shape index (κ2) is 2.51. The molecule has 0 heterocycles.